The average molecular weight is 870 g/mol. The molecule has 0 saturated heterocycles. The van der Waals surface area contributed by atoms with Gasteiger partial charge in [0.25, 0.3) is 0 Å². The molecule has 0 aliphatic carbocycles. The van der Waals surface area contributed by atoms with Gasteiger partial charge in [-0.3, -0.25) is 0 Å². The van der Waals surface area contributed by atoms with Crippen LogP contribution in [0.4, 0.5) is 0 Å². The molecule has 0 aliphatic heterocycles. The first-order valence-corrected chi connectivity index (χ1v) is 27.4. The van der Waals surface area contributed by atoms with Crippen molar-refractivity contribution in [3.8, 4) is 0 Å². The number of hydrogen-bond donors (Lipinski definition) is 0. The Morgan fingerprint density at radius 2 is 0.443 bits per heavy atom. The van der Waals surface area contributed by atoms with Crippen LogP contribution in [0, 0.1) is 0 Å². The Labute approximate surface area is 383 Å². The first kappa shape index (κ1) is 60.7. The van der Waals surface area contributed by atoms with Gasteiger partial charge in [0.1, 0.15) is 0 Å². The number of hydrogen-bond acceptors (Lipinski definition) is 7. The molecule has 0 fully saturated rings. The van der Waals surface area contributed by atoms with Crippen LogP contribution in [-0.2, 0) is 28.4 Å². The van der Waals surface area contributed by atoms with Crippen molar-refractivity contribution in [2.24, 2.45) is 0 Å². The summed E-state index contributed by atoms with van der Waals surface area (Å²) in [5.74, 6) is 0. The van der Waals surface area contributed by atoms with Crippen LogP contribution in [0.1, 0.15) is 272 Å². The second kappa shape index (κ2) is 52.3. The molecule has 7 nitrogen and oxygen atoms in total. The highest BCUT2D eigenvalue weighted by Crippen LogP contribution is 2.17. The molecule has 0 aromatic rings. The van der Waals surface area contributed by atoms with Gasteiger partial charge in [-0.15, -0.1) is 0 Å². The molecule has 0 aromatic heterocycles. The van der Waals surface area contributed by atoms with Gasteiger partial charge in [-0.2, -0.15) is 0 Å². The van der Waals surface area contributed by atoms with E-state index in [0.29, 0.717) is 0 Å². The Morgan fingerprint density at radius 3 is 0.672 bits per heavy atom. The van der Waals surface area contributed by atoms with E-state index < -0.39 is 0 Å². The van der Waals surface area contributed by atoms with Gasteiger partial charge in [-0.05, 0) is 104 Å². The van der Waals surface area contributed by atoms with E-state index in [1.54, 1.807) is 0 Å². The van der Waals surface area contributed by atoms with Crippen LogP contribution in [0.5, 0.6) is 0 Å². The highest BCUT2D eigenvalue weighted by molar-refractivity contribution is 4.56. The summed E-state index contributed by atoms with van der Waals surface area (Å²) in [7, 11) is 4.32. The minimum Gasteiger partial charge on any atom is -0.353 e. The van der Waals surface area contributed by atoms with Gasteiger partial charge in [0.15, 0.2) is 18.9 Å². The van der Waals surface area contributed by atoms with Crippen LogP contribution in [0.25, 0.3) is 0 Å². The molecule has 0 N–H and O–H groups in total. The second-order valence-electron chi connectivity index (χ2n) is 18.6. The highest BCUT2D eigenvalue weighted by atomic mass is 16.7. The molecular weight excluding hydrogens is 759 g/mol. The first-order chi connectivity index (χ1) is 30.1. The van der Waals surface area contributed by atoms with Gasteiger partial charge in [0.2, 0.25) is 0 Å². The molecule has 0 saturated carbocycles. The van der Waals surface area contributed by atoms with Crippen LogP contribution in [0.2, 0.25) is 0 Å². The van der Waals surface area contributed by atoms with Gasteiger partial charge in [-0.1, -0.05) is 188 Å². The van der Waals surface area contributed by atoms with Crippen LogP contribution < -0.4 is 0 Å². The lowest BCUT2D eigenvalue weighted by Gasteiger charge is -2.20. The zero-order valence-corrected chi connectivity index (χ0v) is 42.4. The van der Waals surface area contributed by atoms with E-state index in [1.807, 2.05) is 0 Å². The molecule has 368 valence electrons. The zero-order valence-electron chi connectivity index (χ0n) is 42.4. The maximum Gasteiger partial charge on any atom is 0.157 e. The Kier molecular flexibility index (Phi) is 52.1. The largest absolute Gasteiger partial charge is 0.353 e. The molecule has 7 heteroatoms. The molecule has 2 unspecified atom stereocenters. The summed E-state index contributed by atoms with van der Waals surface area (Å²) in [6.07, 6.45) is 47.0. The molecule has 0 spiro atoms. The monoisotopic (exact) mass is 870 g/mol. The van der Waals surface area contributed by atoms with E-state index in [0.717, 1.165) is 110 Å². The third-order valence-electron chi connectivity index (χ3n) is 12.0. The maximum atomic E-state index is 6.34. The second-order valence-corrected chi connectivity index (χ2v) is 18.6. The van der Waals surface area contributed by atoms with E-state index in [4.69, 9.17) is 28.4 Å². The quantitative estimate of drug-likeness (QED) is 0.0446. The van der Waals surface area contributed by atoms with Crippen molar-refractivity contribution < 1.29 is 28.4 Å². The molecule has 0 amide bonds. The lowest BCUT2D eigenvalue weighted by atomic mass is 10.1. The average Bonchev–Trinajstić information content (AvgIpc) is 3.26. The Morgan fingerprint density at radius 1 is 0.246 bits per heavy atom. The van der Waals surface area contributed by atoms with Crippen molar-refractivity contribution in [3.05, 3.63) is 0 Å². The fraction of sp³-hybridized carbons (Fsp3) is 1.00. The van der Waals surface area contributed by atoms with E-state index in [9.17, 15) is 0 Å². The van der Waals surface area contributed by atoms with Gasteiger partial charge in [0, 0.05) is 39.6 Å². The number of nitrogens with zero attached hydrogens (tertiary/aromatic N) is 1. The van der Waals surface area contributed by atoms with Crippen LogP contribution in [0.3, 0.4) is 0 Å². The molecule has 2 atom stereocenters. The minimum absolute atomic E-state index is 0.0156. The first-order valence-electron chi connectivity index (χ1n) is 27.4. The number of rotatable bonds is 54. The third-order valence-corrected chi connectivity index (χ3v) is 12.0. The standard InChI is InChI=1S/C54H111NO6/c1-7-11-15-19-29-39-49-59-53(58-48-38-28-18-14-10-4)43-33-25-21-23-31-41-51-61-54(44-34-35-45-55(5)6)60-50-40-30-22-20-24-32-42-52(56-46-36-26-16-12-8-2)57-47-37-27-17-13-9-3/h52-54H,7-51H2,1-6H3. The van der Waals surface area contributed by atoms with Crippen LogP contribution in [-0.4, -0.2) is 84.1 Å². The van der Waals surface area contributed by atoms with Crippen molar-refractivity contribution in [1.29, 1.82) is 0 Å². The van der Waals surface area contributed by atoms with Gasteiger partial charge < -0.3 is 33.3 Å². The van der Waals surface area contributed by atoms with Crippen LogP contribution >= 0.6 is 0 Å². The van der Waals surface area contributed by atoms with E-state index in [2.05, 4.69) is 46.7 Å². The van der Waals surface area contributed by atoms with Gasteiger partial charge in [0.05, 0.1) is 0 Å². The van der Waals surface area contributed by atoms with Gasteiger partial charge >= 0.3 is 0 Å². The number of ether oxygens (including phenoxy) is 6. The maximum absolute atomic E-state index is 6.34. The fourth-order valence-corrected chi connectivity index (χ4v) is 7.91. The predicted molar refractivity (Wildman–Crippen MR) is 264 cm³/mol. The van der Waals surface area contributed by atoms with Crippen molar-refractivity contribution in [2.45, 2.75) is 291 Å². The molecule has 0 aliphatic rings. The molecule has 61 heavy (non-hydrogen) atoms. The molecule has 0 radical (unpaired) electrons. The normalized spacial score (nSPS) is 13.0. The van der Waals surface area contributed by atoms with Crippen molar-refractivity contribution >= 4 is 0 Å². The van der Waals surface area contributed by atoms with Crippen molar-refractivity contribution in [1.82, 2.24) is 4.90 Å². The summed E-state index contributed by atoms with van der Waals surface area (Å²) in [6.45, 7) is 15.2. The Bertz CT molecular complexity index is 771. The van der Waals surface area contributed by atoms with E-state index in [-0.39, 0.29) is 18.9 Å². The Balaban J connectivity index is 4.32. The number of unbranched alkanes of at least 4 members (excludes halogenated alkanes) is 28. The summed E-state index contributed by atoms with van der Waals surface area (Å²) in [4.78, 5) is 2.27. The highest BCUT2D eigenvalue weighted by Gasteiger charge is 2.12. The molecule has 0 bridgehead atoms. The van der Waals surface area contributed by atoms with Crippen molar-refractivity contribution in [3.63, 3.8) is 0 Å². The zero-order chi connectivity index (χ0) is 44.4. The smallest absolute Gasteiger partial charge is 0.157 e. The summed E-state index contributed by atoms with van der Waals surface area (Å²) < 4.78 is 37.6. The SMILES string of the molecule is CCCCCCCCOC(CCCCCCCCOC(CCCCN(C)C)OCCCCCCCCC(OCCCCCCC)OCCCCCCC)OCCCCCCC. The molecule has 0 heterocycles. The molecular formula is C54H111NO6. The van der Waals surface area contributed by atoms with E-state index in [1.165, 1.54) is 180 Å². The van der Waals surface area contributed by atoms with E-state index >= 15 is 0 Å². The minimum atomic E-state index is -0.0581. The topological polar surface area (TPSA) is 58.6 Å². The summed E-state index contributed by atoms with van der Waals surface area (Å²) in [6, 6.07) is 0. The third kappa shape index (κ3) is 49.0. The molecule has 0 aromatic carbocycles. The molecule has 0 rings (SSSR count). The van der Waals surface area contributed by atoms with Gasteiger partial charge in [-0.25, -0.2) is 0 Å². The lowest BCUT2D eigenvalue weighted by molar-refractivity contribution is -0.148. The summed E-state index contributed by atoms with van der Waals surface area (Å²) >= 11 is 0. The fourth-order valence-electron chi connectivity index (χ4n) is 7.91. The predicted octanol–water partition coefficient (Wildman–Crippen LogP) is 16.5. The van der Waals surface area contributed by atoms with Crippen LogP contribution in [0.15, 0.2) is 0 Å². The Hall–Kier alpha value is -0.280. The summed E-state index contributed by atoms with van der Waals surface area (Å²) in [5.41, 5.74) is 0. The van der Waals surface area contributed by atoms with Crippen molar-refractivity contribution in [2.75, 3.05) is 60.3 Å². The summed E-state index contributed by atoms with van der Waals surface area (Å²) in [5, 5.41) is 0. The lowest BCUT2D eigenvalue weighted by Crippen LogP contribution is -2.20.